The van der Waals surface area contributed by atoms with E-state index in [-0.39, 0.29) is 10.8 Å². The highest BCUT2D eigenvalue weighted by molar-refractivity contribution is 7.92. The van der Waals surface area contributed by atoms with Gasteiger partial charge in [-0.15, -0.1) is 0 Å². The SMILES string of the molecule is Cc1ccc(CN2CCN(C(=O)c3ccc(NS(=O)(=O)c4cccc5c4N=CCC5)cc3)CC2)nc1. The van der Waals surface area contributed by atoms with Crippen molar-refractivity contribution in [2.75, 3.05) is 30.9 Å². The number of anilines is 1. The van der Waals surface area contributed by atoms with Gasteiger partial charge in [-0.2, -0.15) is 0 Å². The Labute approximate surface area is 211 Å². The van der Waals surface area contributed by atoms with E-state index in [9.17, 15) is 13.2 Å². The molecule has 1 N–H and O–H groups in total. The predicted octanol–water partition coefficient (Wildman–Crippen LogP) is 3.80. The van der Waals surface area contributed by atoms with E-state index in [4.69, 9.17) is 0 Å². The highest BCUT2D eigenvalue weighted by Crippen LogP contribution is 2.32. The molecule has 0 atom stereocenters. The maximum atomic E-state index is 13.0. The van der Waals surface area contributed by atoms with Gasteiger partial charge in [0, 0.05) is 56.4 Å². The van der Waals surface area contributed by atoms with E-state index >= 15 is 0 Å². The van der Waals surface area contributed by atoms with Gasteiger partial charge in [-0.05, 0) is 67.3 Å². The number of benzene rings is 2. The fourth-order valence-corrected chi connectivity index (χ4v) is 5.76. The molecule has 0 unspecified atom stereocenters. The minimum atomic E-state index is -3.81. The van der Waals surface area contributed by atoms with Crippen LogP contribution < -0.4 is 4.72 Å². The fraction of sp³-hybridized carbons (Fsp3) is 0.296. The van der Waals surface area contributed by atoms with Crippen LogP contribution in [0.1, 0.15) is 33.6 Å². The third kappa shape index (κ3) is 5.32. The van der Waals surface area contributed by atoms with Crippen molar-refractivity contribution in [3.8, 4) is 0 Å². The van der Waals surface area contributed by atoms with E-state index in [0.29, 0.717) is 30.0 Å². The van der Waals surface area contributed by atoms with Crippen LogP contribution in [-0.2, 0) is 23.0 Å². The lowest BCUT2D eigenvalue weighted by Crippen LogP contribution is -2.48. The molecule has 0 bridgehead atoms. The first-order valence-corrected chi connectivity index (χ1v) is 13.6. The van der Waals surface area contributed by atoms with Gasteiger partial charge >= 0.3 is 0 Å². The average Bonchev–Trinajstić information content (AvgIpc) is 2.90. The fourth-order valence-electron chi connectivity index (χ4n) is 4.51. The molecule has 1 aromatic heterocycles. The number of pyridine rings is 1. The largest absolute Gasteiger partial charge is 0.336 e. The molecule has 1 saturated heterocycles. The number of aliphatic imine (C=N–C) groups is 1. The molecule has 0 aliphatic carbocycles. The molecule has 3 aromatic rings. The summed E-state index contributed by atoms with van der Waals surface area (Å²) in [5, 5.41) is 0. The smallest absolute Gasteiger partial charge is 0.264 e. The minimum absolute atomic E-state index is 0.0519. The van der Waals surface area contributed by atoms with Gasteiger partial charge in [-0.25, -0.2) is 8.42 Å². The number of hydrogen-bond donors (Lipinski definition) is 1. The van der Waals surface area contributed by atoms with Gasteiger partial charge in [-0.3, -0.25) is 24.4 Å². The van der Waals surface area contributed by atoms with Crippen LogP contribution in [0.4, 0.5) is 11.4 Å². The predicted molar refractivity (Wildman–Crippen MR) is 140 cm³/mol. The molecular formula is C27H29N5O3S. The number of sulfonamides is 1. The first kappa shape index (κ1) is 24.1. The van der Waals surface area contributed by atoms with Crippen LogP contribution >= 0.6 is 0 Å². The van der Waals surface area contributed by atoms with Crippen LogP contribution in [0.15, 0.2) is 70.7 Å². The molecule has 8 nitrogen and oxygen atoms in total. The molecule has 1 amide bonds. The Morgan fingerprint density at radius 1 is 1.00 bits per heavy atom. The molecular weight excluding hydrogens is 474 g/mol. The maximum Gasteiger partial charge on any atom is 0.264 e. The zero-order valence-electron chi connectivity index (χ0n) is 20.2. The summed E-state index contributed by atoms with van der Waals surface area (Å²) in [6.45, 7) is 5.63. The van der Waals surface area contributed by atoms with Gasteiger partial charge in [0.25, 0.3) is 15.9 Å². The summed E-state index contributed by atoms with van der Waals surface area (Å²) in [6, 6.07) is 15.9. The van der Waals surface area contributed by atoms with Crippen molar-refractivity contribution in [2.45, 2.75) is 31.2 Å². The van der Waals surface area contributed by atoms with Crippen molar-refractivity contribution >= 4 is 33.5 Å². The third-order valence-electron chi connectivity index (χ3n) is 6.54. The Kier molecular flexibility index (Phi) is 6.84. The van der Waals surface area contributed by atoms with Crippen LogP contribution in [-0.4, -0.2) is 61.5 Å². The number of carbonyl (C=O) groups excluding carboxylic acids is 1. The lowest BCUT2D eigenvalue weighted by molar-refractivity contribution is 0.0627. The van der Waals surface area contributed by atoms with Crippen molar-refractivity contribution in [2.24, 2.45) is 4.99 Å². The molecule has 0 saturated carbocycles. The third-order valence-corrected chi connectivity index (χ3v) is 7.95. The molecule has 2 aliphatic rings. The van der Waals surface area contributed by atoms with E-state index in [2.05, 4.69) is 25.7 Å². The molecule has 36 heavy (non-hydrogen) atoms. The summed E-state index contributed by atoms with van der Waals surface area (Å²) in [5.74, 6) is -0.0519. The normalized spacial score (nSPS) is 16.0. The second kappa shape index (κ2) is 10.2. The Hall–Kier alpha value is -3.56. The number of para-hydroxylation sites is 1. The van der Waals surface area contributed by atoms with Gasteiger partial charge in [0.2, 0.25) is 0 Å². The standard InChI is InChI=1S/C27H29N5O3S/c1-20-7-10-24(29-18-20)19-31-14-16-32(17-15-31)27(33)22-8-11-23(12-9-22)30-36(34,35)25-6-2-4-21-5-3-13-28-26(21)25/h2,4,6-13,18,30H,3,5,14-17,19H2,1H3. The molecule has 9 heteroatoms. The molecule has 0 radical (unpaired) electrons. The Morgan fingerprint density at radius 2 is 1.78 bits per heavy atom. The summed E-state index contributed by atoms with van der Waals surface area (Å²) >= 11 is 0. The average molecular weight is 504 g/mol. The number of fused-ring (bicyclic) bond motifs is 1. The van der Waals surface area contributed by atoms with Gasteiger partial charge in [0.05, 0.1) is 11.4 Å². The van der Waals surface area contributed by atoms with Gasteiger partial charge in [0.15, 0.2) is 0 Å². The second-order valence-electron chi connectivity index (χ2n) is 9.19. The maximum absolute atomic E-state index is 13.0. The number of aryl methyl sites for hydroxylation is 2. The first-order valence-electron chi connectivity index (χ1n) is 12.1. The molecule has 2 aliphatic heterocycles. The van der Waals surface area contributed by atoms with E-state index in [1.54, 1.807) is 42.6 Å². The quantitative estimate of drug-likeness (QED) is 0.552. The number of aromatic nitrogens is 1. The number of rotatable bonds is 6. The number of amides is 1. The van der Waals surface area contributed by atoms with E-state index < -0.39 is 10.0 Å². The summed E-state index contributed by atoms with van der Waals surface area (Å²) in [5.41, 5.74) is 4.53. The highest BCUT2D eigenvalue weighted by atomic mass is 32.2. The summed E-state index contributed by atoms with van der Waals surface area (Å²) in [6.07, 6.45) is 5.20. The summed E-state index contributed by atoms with van der Waals surface area (Å²) in [7, 11) is -3.81. The highest BCUT2D eigenvalue weighted by Gasteiger charge is 2.24. The first-order chi connectivity index (χ1) is 17.4. The van der Waals surface area contributed by atoms with E-state index in [1.165, 1.54) is 0 Å². The van der Waals surface area contributed by atoms with Crippen molar-refractivity contribution < 1.29 is 13.2 Å². The Bertz CT molecular complexity index is 1380. The van der Waals surface area contributed by atoms with E-state index in [1.807, 2.05) is 30.2 Å². The van der Waals surface area contributed by atoms with Crippen LogP contribution in [0.3, 0.4) is 0 Å². The summed E-state index contributed by atoms with van der Waals surface area (Å²) < 4.78 is 28.7. The Balaban J connectivity index is 1.20. The minimum Gasteiger partial charge on any atom is -0.336 e. The number of piperazine rings is 1. The van der Waals surface area contributed by atoms with Crippen LogP contribution in [0.25, 0.3) is 0 Å². The molecule has 0 spiro atoms. The number of nitrogens with zero attached hydrogens (tertiary/aromatic N) is 4. The van der Waals surface area contributed by atoms with Crippen molar-refractivity contribution in [3.05, 3.63) is 83.2 Å². The summed E-state index contributed by atoms with van der Waals surface area (Å²) in [4.78, 5) is 26.1. The van der Waals surface area contributed by atoms with Crippen LogP contribution in [0, 0.1) is 6.92 Å². The van der Waals surface area contributed by atoms with E-state index in [0.717, 1.165) is 49.3 Å². The number of hydrogen-bond acceptors (Lipinski definition) is 6. The molecule has 1 fully saturated rings. The Morgan fingerprint density at radius 3 is 2.50 bits per heavy atom. The molecule has 186 valence electrons. The molecule has 3 heterocycles. The zero-order chi connectivity index (χ0) is 25.1. The van der Waals surface area contributed by atoms with Crippen molar-refractivity contribution in [1.29, 1.82) is 0 Å². The van der Waals surface area contributed by atoms with Gasteiger partial charge in [-0.1, -0.05) is 18.2 Å². The zero-order valence-corrected chi connectivity index (χ0v) is 21.0. The van der Waals surface area contributed by atoms with Crippen molar-refractivity contribution in [1.82, 2.24) is 14.8 Å². The lowest BCUT2D eigenvalue weighted by Gasteiger charge is -2.34. The van der Waals surface area contributed by atoms with Gasteiger partial charge < -0.3 is 4.90 Å². The monoisotopic (exact) mass is 503 g/mol. The van der Waals surface area contributed by atoms with Crippen molar-refractivity contribution in [3.63, 3.8) is 0 Å². The second-order valence-corrected chi connectivity index (χ2v) is 10.8. The van der Waals surface area contributed by atoms with Crippen LogP contribution in [0.2, 0.25) is 0 Å². The topological polar surface area (TPSA) is 95.0 Å². The molecule has 5 rings (SSSR count). The van der Waals surface area contributed by atoms with Gasteiger partial charge in [0.1, 0.15) is 4.90 Å². The molecule has 2 aromatic carbocycles. The number of nitrogens with one attached hydrogen (secondary N) is 1. The lowest BCUT2D eigenvalue weighted by atomic mass is 10.1. The number of carbonyl (C=O) groups is 1. The van der Waals surface area contributed by atoms with Crippen LogP contribution in [0.5, 0.6) is 0 Å².